The van der Waals surface area contributed by atoms with Crippen molar-refractivity contribution in [3.8, 4) is 0 Å². The van der Waals surface area contributed by atoms with Gasteiger partial charge in [-0.1, -0.05) is 42.1 Å². The average Bonchev–Trinajstić information content (AvgIpc) is 3.00. The summed E-state index contributed by atoms with van der Waals surface area (Å²) in [5.74, 6) is 0.126. The zero-order valence-corrected chi connectivity index (χ0v) is 13.0. The van der Waals surface area contributed by atoms with Crippen LogP contribution in [-0.4, -0.2) is 18.2 Å². The molecular formula is C19H22O3. The second-order valence-electron chi connectivity index (χ2n) is 5.42. The van der Waals surface area contributed by atoms with E-state index in [2.05, 4.69) is 12.3 Å². The first-order chi connectivity index (χ1) is 10.7. The fraction of sp³-hybridized carbons (Fsp3) is 0.368. The van der Waals surface area contributed by atoms with Crippen LogP contribution in [0.5, 0.6) is 0 Å². The van der Waals surface area contributed by atoms with E-state index in [-0.39, 0.29) is 5.97 Å². The highest BCUT2D eigenvalue weighted by Crippen LogP contribution is 2.39. The summed E-state index contributed by atoms with van der Waals surface area (Å²) in [6.07, 6.45) is 7.31. The monoisotopic (exact) mass is 298 g/mol. The molecule has 0 saturated heterocycles. The summed E-state index contributed by atoms with van der Waals surface area (Å²) < 4.78 is 11.4. The SMILES string of the molecule is C=CCOC1(C(=C=Cc2ccccc2)OC(C)=O)CCCC1. The molecule has 0 radical (unpaired) electrons. The maximum atomic E-state index is 11.5. The lowest BCUT2D eigenvalue weighted by molar-refractivity contribution is -0.142. The van der Waals surface area contributed by atoms with Crippen molar-refractivity contribution in [2.24, 2.45) is 0 Å². The van der Waals surface area contributed by atoms with Gasteiger partial charge >= 0.3 is 5.97 Å². The quantitative estimate of drug-likeness (QED) is 0.341. The Morgan fingerprint density at radius 1 is 1.32 bits per heavy atom. The molecule has 0 aromatic heterocycles. The summed E-state index contributed by atoms with van der Waals surface area (Å²) in [5, 5.41) is 0. The van der Waals surface area contributed by atoms with Crippen molar-refractivity contribution in [2.75, 3.05) is 6.61 Å². The largest absolute Gasteiger partial charge is 0.419 e. The van der Waals surface area contributed by atoms with E-state index in [0.29, 0.717) is 12.4 Å². The fourth-order valence-electron chi connectivity index (χ4n) is 2.70. The standard InChI is InChI=1S/C19H22O3/c1-3-15-21-19(13-7-8-14-19)18(22-16(2)20)12-11-17-9-5-4-6-10-17/h3-6,9-11H,1,7-8,13-15H2,2H3. The Morgan fingerprint density at radius 2 is 2.00 bits per heavy atom. The first-order valence-electron chi connectivity index (χ1n) is 7.62. The number of esters is 1. The Kier molecular flexibility index (Phi) is 5.76. The third kappa shape index (κ3) is 4.20. The van der Waals surface area contributed by atoms with E-state index >= 15 is 0 Å². The van der Waals surface area contributed by atoms with Gasteiger partial charge in [-0.05, 0) is 37.3 Å². The summed E-state index contributed by atoms with van der Waals surface area (Å²) in [6, 6.07) is 9.82. The smallest absolute Gasteiger partial charge is 0.308 e. The van der Waals surface area contributed by atoms with Gasteiger partial charge in [-0.3, -0.25) is 4.79 Å². The van der Waals surface area contributed by atoms with Crippen LogP contribution >= 0.6 is 0 Å². The molecule has 0 spiro atoms. The Bertz CT molecular complexity index is 574. The van der Waals surface area contributed by atoms with Crippen LogP contribution in [0.15, 0.2) is 54.5 Å². The van der Waals surface area contributed by atoms with E-state index < -0.39 is 5.60 Å². The fourth-order valence-corrected chi connectivity index (χ4v) is 2.70. The van der Waals surface area contributed by atoms with Gasteiger partial charge < -0.3 is 9.47 Å². The van der Waals surface area contributed by atoms with E-state index in [1.165, 1.54) is 6.92 Å². The molecular weight excluding hydrogens is 276 g/mol. The third-order valence-corrected chi connectivity index (χ3v) is 3.72. The van der Waals surface area contributed by atoms with Gasteiger partial charge in [-0.15, -0.1) is 6.58 Å². The molecule has 0 atom stereocenters. The number of benzene rings is 1. The summed E-state index contributed by atoms with van der Waals surface area (Å²) in [7, 11) is 0. The maximum Gasteiger partial charge on any atom is 0.308 e. The van der Waals surface area contributed by atoms with E-state index in [1.54, 1.807) is 6.08 Å². The summed E-state index contributed by atoms with van der Waals surface area (Å²) in [6.45, 7) is 5.53. The number of carbonyl (C=O) groups excluding carboxylic acids is 1. The molecule has 22 heavy (non-hydrogen) atoms. The molecule has 0 unspecified atom stereocenters. The molecule has 1 fully saturated rings. The molecule has 3 heteroatoms. The number of hydrogen-bond acceptors (Lipinski definition) is 3. The molecule has 3 nitrogen and oxygen atoms in total. The van der Waals surface area contributed by atoms with Crippen molar-refractivity contribution >= 4 is 12.0 Å². The van der Waals surface area contributed by atoms with Gasteiger partial charge in [0, 0.05) is 6.92 Å². The molecule has 0 N–H and O–H groups in total. The van der Waals surface area contributed by atoms with Crippen molar-refractivity contribution < 1.29 is 14.3 Å². The second-order valence-corrected chi connectivity index (χ2v) is 5.42. The molecule has 0 aliphatic heterocycles. The van der Waals surface area contributed by atoms with Gasteiger partial charge in [0.2, 0.25) is 0 Å². The number of carbonyl (C=O) groups is 1. The zero-order valence-electron chi connectivity index (χ0n) is 13.0. The Balaban J connectivity index is 2.37. The summed E-state index contributed by atoms with van der Waals surface area (Å²) >= 11 is 0. The van der Waals surface area contributed by atoms with E-state index in [9.17, 15) is 4.79 Å². The molecule has 0 heterocycles. The maximum absolute atomic E-state index is 11.5. The molecule has 1 saturated carbocycles. The van der Waals surface area contributed by atoms with Crippen LogP contribution in [-0.2, 0) is 14.3 Å². The van der Waals surface area contributed by atoms with Crippen molar-refractivity contribution in [2.45, 2.75) is 38.2 Å². The van der Waals surface area contributed by atoms with Crippen molar-refractivity contribution in [1.29, 1.82) is 0 Å². The average molecular weight is 298 g/mol. The minimum Gasteiger partial charge on any atom is -0.419 e. The minimum atomic E-state index is -0.564. The number of rotatable bonds is 6. The van der Waals surface area contributed by atoms with Gasteiger partial charge in [0.15, 0.2) is 5.76 Å². The van der Waals surface area contributed by atoms with Crippen LogP contribution in [0.4, 0.5) is 0 Å². The minimum absolute atomic E-state index is 0.350. The van der Waals surface area contributed by atoms with E-state index in [4.69, 9.17) is 9.47 Å². The number of ether oxygens (including phenoxy) is 2. The first-order valence-corrected chi connectivity index (χ1v) is 7.62. The van der Waals surface area contributed by atoms with Crippen LogP contribution in [0.25, 0.3) is 6.08 Å². The molecule has 1 aliphatic rings. The molecule has 1 aromatic rings. The topological polar surface area (TPSA) is 35.5 Å². The van der Waals surface area contributed by atoms with Gasteiger partial charge in [0.05, 0.1) is 6.61 Å². The predicted octanol–water partition coefficient (Wildman–Crippen LogP) is 4.26. The second kappa shape index (κ2) is 7.79. The van der Waals surface area contributed by atoms with Gasteiger partial charge in [0.1, 0.15) is 5.60 Å². The Labute approximate surface area is 131 Å². The van der Waals surface area contributed by atoms with Gasteiger partial charge in [-0.2, -0.15) is 0 Å². The lowest BCUT2D eigenvalue weighted by Crippen LogP contribution is -2.33. The Hall–Kier alpha value is -2.09. The summed E-state index contributed by atoms with van der Waals surface area (Å²) in [5.41, 5.74) is 3.59. The van der Waals surface area contributed by atoms with Gasteiger partial charge in [0.25, 0.3) is 0 Å². The molecule has 1 aliphatic carbocycles. The lowest BCUT2D eigenvalue weighted by Gasteiger charge is -2.29. The van der Waals surface area contributed by atoms with Crippen molar-refractivity contribution in [1.82, 2.24) is 0 Å². The van der Waals surface area contributed by atoms with Crippen LogP contribution in [0.3, 0.4) is 0 Å². The highest BCUT2D eigenvalue weighted by molar-refractivity contribution is 5.68. The third-order valence-electron chi connectivity index (χ3n) is 3.72. The molecule has 2 rings (SSSR count). The van der Waals surface area contributed by atoms with Crippen LogP contribution in [0, 0.1) is 0 Å². The zero-order chi connectivity index (χ0) is 15.8. The van der Waals surface area contributed by atoms with E-state index in [1.807, 2.05) is 36.4 Å². The van der Waals surface area contributed by atoms with Crippen LogP contribution in [0.1, 0.15) is 38.2 Å². The van der Waals surface area contributed by atoms with Crippen molar-refractivity contribution in [3.63, 3.8) is 0 Å². The molecule has 0 bridgehead atoms. The van der Waals surface area contributed by atoms with Crippen LogP contribution in [0.2, 0.25) is 0 Å². The van der Waals surface area contributed by atoms with Crippen LogP contribution < -0.4 is 0 Å². The highest BCUT2D eigenvalue weighted by Gasteiger charge is 2.41. The first kappa shape index (κ1) is 16.3. The predicted molar refractivity (Wildman–Crippen MR) is 87.0 cm³/mol. The molecule has 1 aromatic carbocycles. The normalized spacial score (nSPS) is 15.7. The Morgan fingerprint density at radius 3 is 2.59 bits per heavy atom. The van der Waals surface area contributed by atoms with E-state index in [0.717, 1.165) is 31.2 Å². The lowest BCUT2D eigenvalue weighted by atomic mass is 9.99. The highest BCUT2D eigenvalue weighted by atomic mass is 16.6. The molecule has 0 amide bonds. The van der Waals surface area contributed by atoms with Gasteiger partial charge in [-0.25, -0.2) is 0 Å². The number of hydrogen-bond donors (Lipinski definition) is 0. The summed E-state index contributed by atoms with van der Waals surface area (Å²) in [4.78, 5) is 11.5. The molecule has 116 valence electrons. The van der Waals surface area contributed by atoms with Crippen molar-refractivity contribution in [3.05, 3.63) is 60.0 Å².